The Bertz CT molecular complexity index is 452. The normalized spacial score (nSPS) is 34.3. The van der Waals surface area contributed by atoms with E-state index in [0.29, 0.717) is 11.3 Å². The van der Waals surface area contributed by atoms with Crippen LogP contribution in [0.3, 0.4) is 0 Å². The van der Waals surface area contributed by atoms with Gasteiger partial charge in [0, 0.05) is 16.9 Å². The van der Waals surface area contributed by atoms with E-state index in [2.05, 4.69) is 52.4 Å². The predicted molar refractivity (Wildman–Crippen MR) is 89.1 cm³/mol. The van der Waals surface area contributed by atoms with Crippen molar-refractivity contribution in [2.45, 2.75) is 51.4 Å². The van der Waals surface area contributed by atoms with Gasteiger partial charge in [-0.2, -0.15) is 0 Å². The van der Waals surface area contributed by atoms with E-state index in [1.807, 2.05) is 0 Å². The maximum absolute atomic E-state index is 3.65. The van der Waals surface area contributed by atoms with Crippen molar-refractivity contribution in [1.82, 2.24) is 5.32 Å². The second kappa shape index (κ2) is 6.19. The van der Waals surface area contributed by atoms with Crippen LogP contribution < -0.4 is 5.32 Å². The molecule has 0 aromatic heterocycles. The summed E-state index contributed by atoms with van der Waals surface area (Å²) in [6.07, 6.45) is 8.47. The highest BCUT2D eigenvalue weighted by atomic mass is 79.9. The van der Waals surface area contributed by atoms with Crippen LogP contribution in [0.25, 0.3) is 0 Å². The van der Waals surface area contributed by atoms with Gasteiger partial charge in [-0.25, -0.2) is 0 Å². The average molecular weight is 336 g/mol. The van der Waals surface area contributed by atoms with Gasteiger partial charge >= 0.3 is 0 Å². The van der Waals surface area contributed by atoms with Crippen LogP contribution in [0.4, 0.5) is 0 Å². The zero-order chi connectivity index (χ0) is 14.0. The average Bonchev–Trinajstić information content (AvgIpc) is 2.48. The topological polar surface area (TPSA) is 12.0 Å². The fourth-order valence-corrected chi connectivity index (χ4v) is 5.27. The van der Waals surface area contributed by atoms with E-state index in [-0.39, 0.29) is 0 Å². The third-order valence-electron chi connectivity index (χ3n) is 5.81. The number of halogens is 1. The quantitative estimate of drug-likeness (QED) is 0.791. The van der Waals surface area contributed by atoms with Gasteiger partial charge in [0.1, 0.15) is 0 Å². The van der Waals surface area contributed by atoms with E-state index >= 15 is 0 Å². The predicted octanol–water partition coefficient (Wildman–Crippen LogP) is 5.11. The summed E-state index contributed by atoms with van der Waals surface area (Å²) in [5.74, 6) is 1.61. The van der Waals surface area contributed by atoms with Gasteiger partial charge in [0.05, 0.1) is 0 Å². The van der Waals surface area contributed by atoms with Crippen LogP contribution in [-0.4, -0.2) is 13.1 Å². The van der Waals surface area contributed by atoms with Crippen molar-refractivity contribution in [3.05, 3.63) is 34.3 Å². The summed E-state index contributed by atoms with van der Waals surface area (Å²) >= 11 is 3.65. The fraction of sp³-hybridized carbons (Fsp3) is 0.667. The number of rotatable bonds is 2. The van der Waals surface area contributed by atoms with Gasteiger partial charge in [0.2, 0.25) is 0 Å². The molecule has 0 amide bonds. The van der Waals surface area contributed by atoms with Crippen molar-refractivity contribution >= 4 is 15.9 Å². The van der Waals surface area contributed by atoms with Crippen molar-refractivity contribution < 1.29 is 0 Å². The largest absolute Gasteiger partial charge is 0.316 e. The zero-order valence-corrected chi connectivity index (χ0v) is 14.1. The molecule has 1 spiro atoms. The second-order valence-electron chi connectivity index (χ2n) is 6.65. The Morgan fingerprint density at radius 1 is 1.30 bits per heavy atom. The van der Waals surface area contributed by atoms with Crippen LogP contribution in [0.15, 0.2) is 28.7 Å². The van der Waals surface area contributed by atoms with Crippen LogP contribution >= 0.6 is 15.9 Å². The number of nitrogens with one attached hydrogen (secondary N) is 1. The molecular formula is C18H26BrN. The molecule has 1 nitrogen and oxygen atoms in total. The van der Waals surface area contributed by atoms with Crippen LogP contribution in [0, 0.1) is 11.3 Å². The Balaban J connectivity index is 1.97. The summed E-state index contributed by atoms with van der Waals surface area (Å²) in [5, 5.41) is 3.65. The lowest BCUT2D eigenvalue weighted by atomic mass is 9.55. The molecule has 20 heavy (non-hydrogen) atoms. The molecule has 1 aromatic carbocycles. The van der Waals surface area contributed by atoms with E-state index in [1.165, 1.54) is 55.1 Å². The third kappa shape index (κ3) is 2.57. The highest BCUT2D eigenvalue weighted by Gasteiger charge is 2.47. The highest BCUT2D eigenvalue weighted by Crippen LogP contribution is 2.55. The molecule has 1 aromatic rings. The summed E-state index contributed by atoms with van der Waals surface area (Å²) in [5.41, 5.74) is 2.09. The molecule has 1 aliphatic heterocycles. The Hall–Kier alpha value is -0.340. The molecule has 1 saturated carbocycles. The molecule has 2 fully saturated rings. The smallest absolute Gasteiger partial charge is 0.0178 e. The maximum atomic E-state index is 3.65. The summed E-state index contributed by atoms with van der Waals surface area (Å²) in [6, 6.07) is 9.03. The first-order valence-corrected chi connectivity index (χ1v) is 9.02. The van der Waals surface area contributed by atoms with E-state index in [4.69, 9.17) is 0 Å². The second-order valence-corrected chi connectivity index (χ2v) is 7.56. The number of hydrogen-bond acceptors (Lipinski definition) is 1. The first kappa shape index (κ1) is 14.6. The maximum Gasteiger partial charge on any atom is 0.0178 e. The summed E-state index contributed by atoms with van der Waals surface area (Å²) in [7, 11) is 0. The minimum absolute atomic E-state index is 0.555. The van der Waals surface area contributed by atoms with Crippen molar-refractivity contribution in [2.75, 3.05) is 13.1 Å². The molecule has 1 aliphatic carbocycles. The number of hydrogen-bond donors (Lipinski definition) is 1. The van der Waals surface area contributed by atoms with E-state index in [9.17, 15) is 0 Å². The lowest BCUT2D eigenvalue weighted by Crippen LogP contribution is -2.49. The standard InChI is InChI=1S/C18H26BrN/c1-2-15-7-3-4-9-18(15)10-11-20-13-17(18)14-6-5-8-16(19)12-14/h5-6,8,12,15,17,20H,2-4,7,9-11,13H2,1H3. The summed E-state index contributed by atoms with van der Waals surface area (Å²) in [4.78, 5) is 0. The van der Waals surface area contributed by atoms with Gasteiger partial charge in [-0.3, -0.25) is 0 Å². The van der Waals surface area contributed by atoms with Gasteiger partial charge < -0.3 is 5.32 Å². The van der Waals surface area contributed by atoms with Crippen molar-refractivity contribution in [3.8, 4) is 0 Å². The van der Waals surface area contributed by atoms with Crippen LogP contribution in [0.2, 0.25) is 0 Å². The van der Waals surface area contributed by atoms with Crippen LogP contribution in [0.5, 0.6) is 0 Å². The lowest BCUT2D eigenvalue weighted by Gasteiger charge is -2.52. The lowest BCUT2D eigenvalue weighted by molar-refractivity contribution is 0.0292. The molecule has 2 aliphatic rings. The SMILES string of the molecule is CCC1CCCCC12CCNCC2c1cccc(Br)c1. The Labute approximate surface area is 131 Å². The molecule has 3 atom stereocenters. The molecule has 110 valence electrons. The molecule has 1 saturated heterocycles. The molecule has 0 radical (unpaired) electrons. The van der Waals surface area contributed by atoms with Crippen molar-refractivity contribution in [1.29, 1.82) is 0 Å². The van der Waals surface area contributed by atoms with Gasteiger partial charge in [0.15, 0.2) is 0 Å². The monoisotopic (exact) mass is 335 g/mol. The van der Waals surface area contributed by atoms with Gasteiger partial charge in [-0.15, -0.1) is 0 Å². The number of benzene rings is 1. The summed E-state index contributed by atoms with van der Waals surface area (Å²) in [6.45, 7) is 4.77. The Morgan fingerprint density at radius 3 is 3.00 bits per heavy atom. The highest BCUT2D eigenvalue weighted by molar-refractivity contribution is 9.10. The molecule has 3 unspecified atom stereocenters. The van der Waals surface area contributed by atoms with Gasteiger partial charge in [-0.1, -0.05) is 54.2 Å². The molecule has 1 heterocycles. The van der Waals surface area contributed by atoms with E-state index < -0.39 is 0 Å². The molecular weight excluding hydrogens is 310 g/mol. The van der Waals surface area contributed by atoms with Crippen LogP contribution in [-0.2, 0) is 0 Å². The minimum atomic E-state index is 0.555. The van der Waals surface area contributed by atoms with Gasteiger partial charge in [0.25, 0.3) is 0 Å². The van der Waals surface area contributed by atoms with E-state index in [1.54, 1.807) is 0 Å². The Kier molecular flexibility index (Phi) is 4.52. The third-order valence-corrected chi connectivity index (χ3v) is 6.30. The Morgan fingerprint density at radius 2 is 2.20 bits per heavy atom. The van der Waals surface area contributed by atoms with Crippen molar-refractivity contribution in [3.63, 3.8) is 0 Å². The summed E-state index contributed by atoms with van der Waals surface area (Å²) < 4.78 is 1.22. The fourth-order valence-electron chi connectivity index (χ4n) is 4.85. The first-order chi connectivity index (χ1) is 9.76. The molecule has 2 heteroatoms. The van der Waals surface area contributed by atoms with E-state index in [0.717, 1.165) is 12.5 Å². The molecule has 1 N–H and O–H groups in total. The van der Waals surface area contributed by atoms with Crippen LogP contribution in [0.1, 0.15) is 56.9 Å². The zero-order valence-electron chi connectivity index (χ0n) is 12.5. The molecule has 0 bridgehead atoms. The van der Waals surface area contributed by atoms with Gasteiger partial charge in [-0.05, 0) is 54.8 Å². The minimum Gasteiger partial charge on any atom is -0.316 e. The molecule has 3 rings (SSSR count). The number of piperidine rings is 1. The van der Waals surface area contributed by atoms with Crippen molar-refractivity contribution in [2.24, 2.45) is 11.3 Å². The first-order valence-electron chi connectivity index (χ1n) is 8.22.